The first-order chi connectivity index (χ1) is 7.93. The van der Waals surface area contributed by atoms with Gasteiger partial charge in [0.1, 0.15) is 0 Å². The van der Waals surface area contributed by atoms with Crippen LogP contribution in [0.3, 0.4) is 0 Å². The highest BCUT2D eigenvalue weighted by molar-refractivity contribution is 5.23. The van der Waals surface area contributed by atoms with Crippen molar-refractivity contribution in [1.82, 2.24) is 0 Å². The molecular formula is C16H20. The zero-order chi connectivity index (χ0) is 10.3. The minimum Gasteiger partial charge on any atom is -0.0879 e. The second-order valence-electron chi connectivity index (χ2n) is 6.91. The Bertz CT molecular complexity index is 391. The lowest BCUT2D eigenvalue weighted by Gasteiger charge is -2.50. The molecule has 0 heterocycles. The predicted molar refractivity (Wildman–Crippen MR) is 64.7 cm³/mol. The molecule has 0 spiro atoms. The molecule has 8 unspecified atom stereocenters. The maximum absolute atomic E-state index is 2.59. The number of fused-ring (bicyclic) bond motifs is 6. The molecule has 0 radical (unpaired) electrons. The molecule has 0 heteroatoms. The Hall–Kier alpha value is -0.520. The fourth-order valence-electron chi connectivity index (χ4n) is 6.40. The number of rotatable bonds is 0. The number of hydrogen-bond acceptors (Lipinski definition) is 0. The average molecular weight is 212 g/mol. The van der Waals surface area contributed by atoms with Crippen molar-refractivity contribution in [2.75, 3.05) is 0 Å². The van der Waals surface area contributed by atoms with Gasteiger partial charge in [0.2, 0.25) is 0 Å². The monoisotopic (exact) mass is 212 g/mol. The minimum atomic E-state index is 0.972. The van der Waals surface area contributed by atoms with Gasteiger partial charge >= 0.3 is 0 Å². The van der Waals surface area contributed by atoms with Crippen molar-refractivity contribution in [2.24, 2.45) is 47.3 Å². The van der Waals surface area contributed by atoms with Crippen LogP contribution in [-0.4, -0.2) is 0 Å². The normalized spacial score (nSPS) is 64.0. The summed E-state index contributed by atoms with van der Waals surface area (Å²) in [6, 6.07) is 0. The molecule has 84 valence electrons. The quantitative estimate of drug-likeness (QED) is 0.538. The van der Waals surface area contributed by atoms with Crippen LogP contribution < -0.4 is 0 Å². The predicted octanol–water partition coefficient (Wildman–Crippen LogP) is 3.66. The van der Waals surface area contributed by atoms with Gasteiger partial charge in [0.15, 0.2) is 0 Å². The molecule has 16 heavy (non-hydrogen) atoms. The molecule has 6 aliphatic rings. The summed E-state index contributed by atoms with van der Waals surface area (Å²) in [6.45, 7) is 0. The molecule has 0 aromatic carbocycles. The minimum absolute atomic E-state index is 0.972. The van der Waals surface area contributed by atoms with Crippen LogP contribution in [0.15, 0.2) is 24.3 Å². The van der Waals surface area contributed by atoms with Gasteiger partial charge in [-0.05, 0) is 73.0 Å². The Morgan fingerprint density at radius 1 is 0.750 bits per heavy atom. The molecule has 6 rings (SSSR count). The standard InChI is InChI=1S/C16H20/c1-2-11-12(3-1)14-8-13(11)15-9-4-6-10(7-5-9)16(14)15/h1-2,4,6,9-16H,3,5,7-8H2. The molecule has 0 nitrogen and oxygen atoms in total. The third-order valence-corrected chi connectivity index (χ3v) is 6.71. The van der Waals surface area contributed by atoms with Gasteiger partial charge in [0.05, 0.1) is 0 Å². The summed E-state index contributed by atoms with van der Waals surface area (Å²) in [5.74, 6) is 8.40. The second-order valence-corrected chi connectivity index (χ2v) is 6.91. The third kappa shape index (κ3) is 0.792. The van der Waals surface area contributed by atoms with E-state index in [4.69, 9.17) is 0 Å². The van der Waals surface area contributed by atoms with E-state index in [0.717, 1.165) is 47.3 Å². The fraction of sp³-hybridized carbons (Fsp3) is 0.750. The van der Waals surface area contributed by atoms with Crippen molar-refractivity contribution < 1.29 is 0 Å². The summed E-state index contributed by atoms with van der Waals surface area (Å²) in [5, 5.41) is 0. The van der Waals surface area contributed by atoms with Gasteiger partial charge in [-0.2, -0.15) is 0 Å². The molecule has 3 saturated carbocycles. The Labute approximate surface area is 97.8 Å². The molecule has 4 bridgehead atoms. The summed E-state index contributed by atoms with van der Waals surface area (Å²) < 4.78 is 0. The maximum atomic E-state index is 2.59. The lowest BCUT2D eigenvalue weighted by molar-refractivity contribution is 0.0241. The summed E-state index contributed by atoms with van der Waals surface area (Å²) in [4.78, 5) is 0. The molecular weight excluding hydrogens is 192 g/mol. The van der Waals surface area contributed by atoms with Gasteiger partial charge in [0.25, 0.3) is 0 Å². The summed E-state index contributed by atoms with van der Waals surface area (Å²) in [5.41, 5.74) is 0. The van der Waals surface area contributed by atoms with Gasteiger partial charge in [0, 0.05) is 0 Å². The van der Waals surface area contributed by atoms with Crippen molar-refractivity contribution in [1.29, 1.82) is 0 Å². The molecule has 0 saturated heterocycles. The van der Waals surface area contributed by atoms with E-state index < -0.39 is 0 Å². The largest absolute Gasteiger partial charge is 0.0879 e. The van der Waals surface area contributed by atoms with E-state index >= 15 is 0 Å². The molecule has 0 amide bonds. The van der Waals surface area contributed by atoms with Crippen molar-refractivity contribution >= 4 is 0 Å². The van der Waals surface area contributed by atoms with Crippen LogP contribution in [0.25, 0.3) is 0 Å². The van der Waals surface area contributed by atoms with E-state index in [1.807, 2.05) is 0 Å². The zero-order valence-corrected chi connectivity index (χ0v) is 9.76. The van der Waals surface area contributed by atoms with E-state index in [-0.39, 0.29) is 0 Å². The summed E-state index contributed by atoms with van der Waals surface area (Å²) in [6.07, 6.45) is 16.3. The zero-order valence-electron chi connectivity index (χ0n) is 9.76. The van der Waals surface area contributed by atoms with E-state index in [0.29, 0.717) is 0 Å². The lowest BCUT2D eigenvalue weighted by atomic mass is 9.54. The van der Waals surface area contributed by atoms with Crippen molar-refractivity contribution in [3.8, 4) is 0 Å². The third-order valence-electron chi connectivity index (χ3n) is 6.71. The maximum Gasteiger partial charge on any atom is -0.0168 e. The highest BCUT2D eigenvalue weighted by Gasteiger charge is 2.62. The lowest BCUT2D eigenvalue weighted by Crippen LogP contribution is -2.44. The van der Waals surface area contributed by atoms with Gasteiger partial charge in [-0.15, -0.1) is 0 Å². The SMILES string of the molecule is C1=CC2C(C1)C1CC2C2C3C=CC(CC3)C12. The highest BCUT2D eigenvalue weighted by Crippen LogP contribution is 2.68. The number of allylic oxidation sites excluding steroid dienone is 4. The average Bonchev–Trinajstić information content (AvgIpc) is 3.02. The summed E-state index contributed by atoms with van der Waals surface area (Å²) >= 11 is 0. The van der Waals surface area contributed by atoms with Gasteiger partial charge in [-0.1, -0.05) is 24.3 Å². The first-order valence-electron chi connectivity index (χ1n) is 7.28. The Balaban J connectivity index is 1.62. The van der Waals surface area contributed by atoms with E-state index in [9.17, 15) is 0 Å². The van der Waals surface area contributed by atoms with Crippen LogP contribution in [0.4, 0.5) is 0 Å². The Kier molecular flexibility index (Phi) is 1.42. The van der Waals surface area contributed by atoms with Crippen molar-refractivity contribution in [2.45, 2.75) is 25.7 Å². The van der Waals surface area contributed by atoms with Crippen LogP contribution >= 0.6 is 0 Å². The topological polar surface area (TPSA) is 0 Å². The van der Waals surface area contributed by atoms with E-state index in [2.05, 4.69) is 24.3 Å². The van der Waals surface area contributed by atoms with Crippen LogP contribution in [0.5, 0.6) is 0 Å². The smallest absolute Gasteiger partial charge is 0.0168 e. The summed E-state index contributed by atoms with van der Waals surface area (Å²) in [7, 11) is 0. The van der Waals surface area contributed by atoms with Crippen LogP contribution in [0, 0.1) is 47.3 Å². The molecule has 8 atom stereocenters. The van der Waals surface area contributed by atoms with Crippen LogP contribution in [-0.2, 0) is 0 Å². The molecule has 6 aliphatic carbocycles. The second kappa shape index (κ2) is 2.66. The molecule has 0 aromatic heterocycles. The molecule has 0 aliphatic heterocycles. The van der Waals surface area contributed by atoms with Gasteiger partial charge < -0.3 is 0 Å². The first-order valence-corrected chi connectivity index (χ1v) is 7.28. The first kappa shape index (κ1) is 8.55. The van der Waals surface area contributed by atoms with Crippen molar-refractivity contribution in [3.63, 3.8) is 0 Å². The number of hydrogen-bond donors (Lipinski definition) is 0. The van der Waals surface area contributed by atoms with Gasteiger partial charge in [-0.25, -0.2) is 0 Å². The molecule has 3 fully saturated rings. The highest BCUT2D eigenvalue weighted by atomic mass is 14.7. The van der Waals surface area contributed by atoms with Gasteiger partial charge in [-0.3, -0.25) is 0 Å². The van der Waals surface area contributed by atoms with Crippen molar-refractivity contribution in [3.05, 3.63) is 24.3 Å². The molecule has 0 aromatic rings. The Morgan fingerprint density at radius 3 is 2.25 bits per heavy atom. The van der Waals surface area contributed by atoms with Crippen LogP contribution in [0.2, 0.25) is 0 Å². The van der Waals surface area contributed by atoms with Crippen LogP contribution in [0.1, 0.15) is 25.7 Å². The van der Waals surface area contributed by atoms with E-state index in [1.54, 1.807) is 6.42 Å². The van der Waals surface area contributed by atoms with E-state index in [1.165, 1.54) is 19.3 Å². The Morgan fingerprint density at radius 2 is 1.50 bits per heavy atom. The molecule has 0 N–H and O–H groups in total. The fourth-order valence-corrected chi connectivity index (χ4v) is 6.40.